The number of nitrogens with one attached hydrogen (secondary N) is 1. The van der Waals surface area contributed by atoms with E-state index in [4.69, 9.17) is 5.11 Å². The van der Waals surface area contributed by atoms with Crippen LogP contribution in [0.1, 0.15) is 23.7 Å². The zero-order chi connectivity index (χ0) is 13.9. The number of rotatable bonds is 4. The highest BCUT2D eigenvalue weighted by atomic mass is 79.9. The molecule has 1 atom stereocenters. The van der Waals surface area contributed by atoms with Crippen LogP contribution in [0.5, 0.6) is 5.75 Å². The minimum Gasteiger partial charge on any atom is -0.503 e. The summed E-state index contributed by atoms with van der Waals surface area (Å²) in [4.78, 5) is 11.5. The molecule has 0 heterocycles. The van der Waals surface area contributed by atoms with Crippen LogP contribution in [0.3, 0.4) is 0 Å². The summed E-state index contributed by atoms with van der Waals surface area (Å²) in [6.07, 6.45) is 0.728. The fourth-order valence-corrected chi connectivity index (χ4v) is 1.36. The molecular weight excluding hydrogens is 315 g/mol. The van der Waals surface area contributed by atoms with Crippen molar-refractivity contribution in [1.82, 2.24) is 5.32 Å². The predicted octanol–water partition coefficient (Wildman–Crippen LogP) is 2.71. The first-order valence-corrected chi connectivity index (χ1v) is 6.08. The lowest BCUT2D eigenvalue weighted by molar-refractivity contribution is 0.0948. The van der Waals surface area contributed by atoms with E-state index in [2.05, 4.69) is 21.2 Å². The quantitative estimate of drug-likeness (QED) is 0.660. The molecule has 0 aliphatic carbocycles. The predicted molar refractivity (Wildman–Crippen MR) is 63.3 cm³/mol. The molecule has 1 aromatic carbocycles. The number of hydrogen-bond donors (Lipinski definition) is 2. The van der Waals surface area contributed by atoms with Crippen molar-refractivity contribution in [1.29, 1.82) is 0 Å². The average Bonchev–Trinajstić information content (AvgIpc) is 2.37. The summed E-state index contributed by atoms with van der Waals surface area (Å²) in [6, 6.07) is 0.412. The number of carbonyl (C=O) groups excluding carboxylic acids is 1. The van der Waals surface area contributed by atoms with Crippen molar-refractivity contribution in [2.24, 2.45) is 0 Å². The Morgan fingerprint density at radius 3 is 2.61 bits per heavy atom. The van der Waals surface area contributed by atoms with Gasteiger partial charge in [-0.2, -0.15) is 4.39 Å². The van der Waals surface area contributed by atoms with Crippen molar-refractivity contribution in [2.75, 3.05) is 6.54 Å². The number of carbonyl (C=O) groups is 1. The number of hydrogen-bond acceptors (Lipinski definition) is 2. The molecule has 0 spiro atoms. The third-order valence-corrected chi connectivity index (χ3v) is 3.28. The van der Waals surface area contributed by atoms with Crippen LogP contribution < -0.4 is 5.32 Å². The molecule has 1 rings (SSSR count). The van der Waals surface area contributed by atoms with E-state index < -0.39 is 34.7 Å². The fraction of sp³-hybridized carbons (Fsp3) is 0.364. The number of phenols is 1. The van der Waals surface area contributed by atoms with E-state index in [1.807, 2.05) is 6.92 Å². The van der Waals surface area contributed by atoms with Crippen molar-refractivity contribution >= 4 is 21.8 Å². The van der Waals surface area contributed by atoms with Crippen molar-refractivity contribution in [2.45, 2.75) is 18.2 Å². The summed E-state index contributed by atoms with van der Waals surface area (Å²) >= 11 is 3.24. The minimum absolute atomic E-state index is 0.0107. The van der Waals surface area contributed by atoms with Crippen LogP contribution in [-0.4, -0.2) is 22.4 Å². The highest BCUT2D eigenvalue weighted by Gasteiger charge is 2.22. The maximum Gasteiger partial charge on any atom is 0.254 e. The number of amides is 1. The van der Waals surface area contributed by atoms with Gasteiger partial charge in [0, 0.05) is 11.4 Å². The van der Waals surface area contributed by atoms with E-state index in [1.54, 1.807) is 0 Å². The molecule has 7 heteroatoms. The Morgan fingerprint density at radius 1 is 1.44 bits per heavy atom. The molecule has 1 amide bonds. The largest absolute Gasteiger partial charge is 0.503 e. The van der Waals surface area contributed by atoms with E-state index in [-0.39, 0.29) is 11.4 Å². The Bertz CT molecular complexity index is 468. The second kappa shape index (κ2) is 6.08. The maximum atomic E-state index is 13.4. The van der Waals surface area contributed by atoms with Crippen LogP contribution in [0.2, 0.25) is 0 Å². The molecule has 18 heavy (non-hydrogen) atoms. The van der Waals surface area contributed by atoms with Gasteiger partial charge in [-0.3, -0.25) is 4.79 Å². The standard InChI is InChI=1S/C11H11BrF3NO2/c1-2-5(12)4-16-11(18)6-3-7(13)9(15)10(17)8(6)14/h3,5,17H,2,4H2,1H3,(H,16,18). The third-order valence-electron chi connectivity index (χ3n) is 2.30. The first-order chi connectivity index (χ1) is 8.38. The molecule has 0 saturated heterocycles. The topological polar surface area (TPSA) is 49.3 Å². The molecule has 0 radical (unpaired) electrons. The van der Waals surface area contributed by atoms with Crippen LogP contribution in [0.25, 0.3) is 0 Å². The second-order valence-electron chi connectivity index (χ2n) is 3.60. The summed E-state index contributed by atoms with van der Waals surface area (Å²) in [5, 5.41) is 11.3. The molecule has 0 aliphatic rings. The smallest absolute Gasteiger partial charge is 0.254 e. The van der Waals surface area contributed by atoms with Gasteiger partial charge in [0.15, 0.2) is 17.4 Å². The average molecular weight is 326 g/mol. The molecule has 0 aliphatic heterocycles. The molecular formula is C11H11BrF3NO2. The SMILES string of the molecule is CCC(Br)CNC(=O)c1cc(F)c(F)c(O)c1F. The van der Waals surface area contributed by atoms with Gasteiger partial charge in [0.2, 0.25) is 5.82 Å². The van der Waals surface area contributed by atoms with Crippen LogP contribution >= 0.6 is 15.9 Å². The Kier molecular flexibility index (Phi) is 5.01. The molecule has 1 aromatic rings. The number of aromatic hydroxyl groups is 1. The van der Waals surface area contributed by atoms with E-state index in [9.17, 15) is 18.0 Å². The van der Waals surface area contributed by atoms with Gasteiger partial charge in [0.25, 0.3) is 5.91 Å². The van der Waals surface area contributed by atoms with E-state index in [1.165, 1.54) is 0 Å². The Balaban J connectivity index is 2.93. The molecule has 1 unspecified atom stereocenters. The van der Waals surface area contributed by atoms with Gasteiger partial charge in [-0.05, 0) is 12.5 Å². The normalized spacial score (nSPS) is 12.3. The van der Waals surface area contributed by atoms with Crippen LogP contribution in [0.4, 0.5) is 13.2 Å². The lowest BCUT2D eigenvalue weighted by atomic mass is 10.1. The van der Waals surface area contributed by atoms with Gasteiger partial charge in [-0.1, -0.05) is 22.9 Å². The summed E-state index contributed by atoms with van der Waals surface area (Å²) in [6.45, 7) is 2.07. The van der Waals surface area contributed by atoms with Gasteiger partial charge in [0.05, 0.1) is 5.56 Å². The summed E-state index contributed by atoms with van der Waals surface area (Å²) < 4.78 is 39.1. The number of benzene rings is 1. The monoisotopic (exact) mass is 325 g/mol. The van der Waals surface area contributed by atoms with Gasteiger partial charge in [-0.15, -0.1) is 0 Å². The van der Waals surface area contributed by atoms with Crippen LogP contribution in [-0.2, 0) is 0 Å². The lowest BCUT2D eigenvalue weighted by Crippen LogP contribution is -2.30. The van der Waals surface area contributed by atoms with E-state index >= 15 is 0 Å². The Morgan fingerprint density at radius 2 is 2.06 bits per heavy atom. The second-order valence-corrected chi connectivity index (χ2v) is 4.89. The minimum atomic E-state index is -1.71. The van der Waals surface area contributed by atoms with Gasteiger partial charge in [-0.25, -0.2) is 8.78 Å². The molecule has 0 aromatic heterocycles. The van der Waals surface area contributed by atoms with Crippen molar-refractivity contribution in [3.05, 3.63) is 29.1 Å². The van der Waals surface area contributed by atoms with E-state index in [0.29, 0.717) is 6.07 Å². The van der Waals surface area contributed by atoms with Crippen LogP contribution in [0.15, 0.2) is 6.07 Å². The summed E-state index contributed by atoms with van der Waals surface area (Å²) in [5.74, 6) is -7.08. The van der Waals surface area contributed by atoms with E-state index in [0.717, 1.165) is 6.42 Å². The van der Waals surface area contributed by atoms with Crippen molar-refractivity contribution in [3.8, 4) is 5.75 Å². The van der Waals surface area contributed by atoms with Crippen molar-refractivity contribution in [3.63, 3.8) is 0 Å². The summed E-state index contributed by atoms with van der Waals surface area (Å²) in [7, 11) is 0. The summed E-state index contributed by atoms with van der Waals surface area (Å²) in [5.41, 5.74) is -0.734. The number of alkyl halides is 1. The Hall–Kier alpha value is -1.24. The molecule has 0 saturated carbocycles. The molecule has 100 valence electrons. The van der Waals surface area contributed by atoms with Gasteiger partial charge in [0.1, 0.15) is 0 Å². The highest BCUT2D eigenvalue weighted by Crippen LogP contribution is 2.25. The zero-order valence-corrected chi connectivity index (χ0v) is 11.0. The lowest BCUT2D eigenvalue weighted by Gasteiger charge is -2.10. The third kappa shape index (κ3) is 3.16. The molecule has 0 bridgehead atoms. The molecule has 2 N–H and O–H groups in total. The first kappa shape index (κ1) is 14.8. The fourth-order valence-electron chi connectivity index (χ4n) is 1.20. The van der Waals surface area contributed by atoms with Crippen molar-refractivity contribution < 1.29 is 23.1 Å². The Labute approximate surface area is 110 Å². The maximum absolute atomic E-state index is 13.4. The van der Waals surface area contributed by atoms with Crippen LogP contribution in [0, 0.1) is 17.5 Å². The zero-order valence-electron chi connectivity index (χ0n) is 9.44. The molecule has 0 fully saturated rings. The number of halogens is 4. The number of phenolic OH excluding ortho intramolecular Hbond substituents is 1. The molecule has 3 nitrogen and oxygen atoms in total. The first-order valence-electron chi connectivity index (χ1n) is 5.17. The van der Waals surface area contributed by atoms with Gasteiger partial charge >= 0.3 is 0 Å². The highest BCUT2D eigenvalue weighted by molar-refractivity contribution is 9.09. The van der Waals surface area contributed by atoms with Gasteiger partial charge < -0.3 is 10.4 Å².